The largest absolute Gasteiger partial charge is 0.255 e. The predicted molar refractivity (Wildman–Crippen MR) is 148 cm³/mol. The van der Waals surface area contributed by atoms with E-state index in [1.807, 2.05) is 44.4 Å². The van der Waals surface area contributed by atoms with Gasteiger partial charge in [-0.05, 0) is 67.6 Å². The van der Waals surface area contributed by atoms with Gasteiger partial charge in [-0.1, -0.05) is 50.1 Å². The maximum Gasteiger partial charge on any atom is 0.0880 e. The van der Waals surface area contributed by atoms with Crippen LogP contribution in [0.4, 0.5) is 0 Å². The fraction of sp³-hybridized carbons (Fsp3) is 0.233. The number of nitrogens with zero attached hydrogens (tertiary/aromatic N) is 1. The van der Waals surface area contributed by atoms with Crippen molar-refractivity contribution in [3.63, 3.8) is 0 Å². The number of rotatable bonds is 2. The Morgan fingerprint density at radius 1 is 0.758 bits per heavy atom. The van der Waals surface area contributed by atoms with Crippen molar-refractivity contribution in [2.75, 3.05) is 0 Å². The van der Waals surface area contributed by atoms with Crippen LogP contribution in [0.15, 0.2) is 60.8 Å². The zero-order valence-corrected chi connectivity index (χ0v) is 21.2. The smallest absolute Gasteiger partial charge is 0.0880 e. The molecule has 0 atom stereocenters. The van der Waals surface area contributed by atoms with E-state index >= 15 is 0 Å². The van der Waals surface area contributed by atoms with E-state index in [2.05, 4.69) is 62.4 Å². The molecule has 0 aliphatic carbocycles. The molecule has 3 heteroatoms. The van der Waals surface area contributed by atoms with Gasteiger partial charge in [0.15, 0.2) is 0 Å². The first-order valence-electron chi connectivity index (χ1n) is 12.3. The molecule has 0 N–H and O–H groups in total. The van der Waals surface area contributed by atoms with Crippen molar-refractivity contribution in [1.82, 2.24) is 4.98 Å². The van der Waals surface area contributed by atoms with Crippen molar-refractivity contribution in [1.29, 1.82) is 0 Å². The fourth-order valence-corrected chi connectivity index (χ4v) is 7.20. The van der Waals surface area contributed by atoms with E-state index in [0.29, 0.717) is 0 Å². The van der Waals surface area contributed by atoms with Gasteiger partial charge in [-0.15, -0.1) is 22.7 Å². The molecule has 33 heavy (non-hydrogen) atoms. The van der Waals surface area contributed by atoms with Gasteiger partial charge in [-0.25, -0.2) is 0 Å². The lowest BCUT2D eigenvalue weighted by Crippen LogP contribution is -2.08. The Morgan fingerprint density at radius 3 is 2.15 bits per heavy atom. The molecule has 0 aliphatic rings. The summed E-state index contributed by atoms with van der Waals surface area (Å²) in [7, 11) is 0. The molecule has 0 radical (unpaired) electrons. The number of aryl methyl sites for hydroxylation is 2. The molecule has 0 aliphatic heterocycles. The highest BCUT2D eigenvalue weighted by atomic mass is 32.1. The Hall–Kier alpha value is -2.75. The van der Waals surface area contributed by atoms with Crippen molar-refractivity contribution in [2.24, 2.45) is 5.41 Å². The highest BCUT2D eigenvalue weighted by Crippen LogP contribution is 2.44. The lowest BCUT2D eigenvalue weighted by Gasteiger charge is -2.17. The van der Waals surface area contributed by atoms with Gasteiger partial charge < -0.3 is 0 Å². The van der Waals surface area contributed by atoms with E-state index in [9.17, 15) is 0 Å². The van der Waals surface area contributed by atoms with E-state index in [1.165, 1.54) is 52.3 Å². The van der Waals surface area contributed by atoms with E-state index < -0.39 is 11.8 Å². The van der Waals surface area contributed by atoms with Crippen molar-refractivity contribution in [3.05, 3.63) is 77.5 Å². The third-order valence-corrected chi connectivity index (χ3v) is 8.29. The molecule has 1 nitrogen and oxygen atoms in total. The molecule has 0 saturated heterocycles. The maximum absolute atomic E-state index is 8.70. The van der Waals surface area contributed by atoms with Crippen LogP contribution in [0.5, 0.6) is 0 Å². The third kappa shape index (κ3) is 3.64. The number of hydrogen-bond donors (Lipinski definition) is 0. The molecule has 3 aromatic carbocycles. The highest BCUT2D eigenvalue weighted by Gasteiger charge is 2.16. The molecule has 0 fully saturated rings. The van der Waals surface area contributed by atoms with E-state index in [1.54, 1.807) is 11.3 Å². The van der Waals surface area contributed by atoms with Crippen molar-refractivity contribution in [2.45, 2.75) is 41.0 Å². The number of hydrogen-bond acceptors (Lipinski definition) is 3. The van der Waals surface area contributed by atoms with Gasteiger partial charge in [0, 0.05) is 50.1 Å². The van der Waals surface area contributed by atoms with Gasteiger partial charge in [-0.2, -0.15) is 0 Å². The van der Waals surface area contributed by atoms with Crippen LogP contribution < -0.4 is 0 Å². The Morgan fingerprint density at radius 2 is 1.42 bits per heavy atom. The minimum Gasteiger partial charge on any atom is -0.255 e. The predicted octanol–water partition coefficient (Wildman–Crippen LogP) is 9.69. The summed E-state index contributed by atoms with van der Waals surface area (Å²) in [5.74, 6) is 0. The summed E-state index contributed by atoms with van der Waals surface area (Å²) in [4.78, 5) is 4.79. The minimum absolute atomic E-state index is 0.472. The van der Waals surface area contributed by atoms with Crippen molar-refractivity contribution >= 4 is 63.0 Å². The number of thiophene rings is 2. The summed E-state index contributed by atoms with van der Waals surface area (Å²) in [6.07, 6.45) is 0.531. The van der Waals surface area contributed by atoms with Crippen LogP contribution in [0.25, 0.3) is 51.6 Å². The van der Waals surface area contributed by atoms with Crippen LogP contribution in [0.2, 0.25) is 0 Å². The van der Waals surface area contributed by atoms with Crippen LogP contribution in [-0.4, -0.2) is 4.98 Å². The molecule has 6 rings (SSSR count). The Bertz CT molecular complexity index is 1760. The second-order valence-electron chi connectivity index (χ2n) is 10.0. The lowest BCUT2D eigenvalue weighted by atomic mass is 9.88. The van der Waals surface area contributed by atoms with Crippen LogP contribution in [-0.2, 0) is 6.37 Å². The molecule has 0 spiro atoms. The molecule has 164 valence electrons. The zero-order chi connectivity index (χ0) is 24.7. The van der Waals surface area contributed by atoms with Gasteiger partial charge >= 0.3 is 0 Å². The first-order valence-corrected chi connectivity index (χ1v) is 12.9. The summed E-state index contributed by atoms with van der Waals surface area (Å²) in [5.41, 5.74) is 5.01. The number of aromatic nitrogens is 1. The second-order valence-corrected chi connectivity index (χ2v) is 12.2. The normalized spacial score (nSPS) is 13.8. The van der Waals surface area contributed by atoms with Gasteiger partial charge in [-0.3, -0.25) is 4.98 Å². The molecule has 3 heterocycles. The van der Waals surface area contributed by atoms with E-state index in [4.69, 9.17) is 7.73 Å². The van der Waals surface area contributed by atoms with Crippen molar-refractivity contribution in [3.8, 4) is 11.3 Å². The number of benzene rings is 3. The van der Waals surface area contributed by atoms with E-state index in [-0.39, 0.29) is 0 Å². The van der Waals surface area contributed by atoms with Gasteiger partial charge in [0.05, 0.1) is 10.4 Å². The van der Waals surface area contributed by atoms with Crippen LogP contribution in [0.1, 0.15) is 40.2 Å². The van der Waals surface area contributed by atoms with Gasteiger partial charge in [0.2, 0.25) is 0 Å². The maximum atomic E-state index is 8.70. The van der Waals surface area contributed by atoms with Gasteiger partial charge in [0.1, 0.15) is 0 Å². The Balaban J connectivity index is 1.57. The summed E-state index contributed by atoms with van der Waals surface area (Å²) in [6.45, 7) is 10.2. The lowest BCUT2D eigenvalue weighted by molar-refractivity contribution is 0.411. The average Bonchev–Trinajstić information content (AvgIpc) is 3.32. The van der Waals surface area contributed by atoms with Crippen LogP contribution >= 0.6 is 22.7 Å². The molecule has 0 unspecified atom stereocenters. The first kappa shape index (κ1) is 18.7. The molecular formula is C30H27NS2. The fourth-order valence-electron chi connectivity index (χ4n) is 4.80. The Labute approximate surface area is 205 Å². The SMILES string of the molecule is [2H]C([2H])(c1ccc2c(c1)sc1cc3c(cc12)sc1c(-c2cc(C)cc(C)c2)nccc13)C(C)(C)C. The number of pyridine rings is 1. The topological polar surface area (TPSA) is 12.9 Å². The van der Waals surface area contributed by atoms with E-state index in [0.717, 1.165) is 16.0 Å². The molecule has 0 amide bonds. The summed E-state index contributed by atoms with van der Waals surface area (Å²) < 4.78 is 22.3. The molecule has 6 aromatic rings. The summed E-state index contributed by atoms with van der Waals surface area (Å²) in [6, 6.07) is 19.5. The third-order valence-electron chi connectivity index (χ3n) is 5.99. The first-order chi connectivity index (χ1) is 16.5. The summed E-state index contributed by atoms with van der Waals surface area (Å²) >= 11 is 3.57. The molecule has 0 saturated carbocycles. The minimum atomic E-state index is -1.40. The van der Waals surface area contributed by atoms with Crippen LogP contribution in [0.3, 0.4) is 0 Å². The number of fused-ring (bicyclic) bond motifs is 6. The molecular weight excluding hydrogens is 438 g/mol. The second kappa shape index (κ2) is 7.38. The highest BCUT2D eigenvalue weighted by molar-refractivity contribution is 7.27. The summed E-state index contributed by atoms with van der Waals surface area (Å²) in [5, 5.41) is 4.96. The quantitative estimate of drug-likeness (QED) is 0.247. The molecule has 3 aromatic heterocycles. The molecule has 0 bridgehead atoms. The van der Waals surface area contributed by atoms with Crippen LogP contribution in [0, 0.1) is 19.3 Å². The monoisotopic (exact) mass is 467 g/mol. The van der Waals surface area contributed by atoms with Gasteiger partial charge in [0.25, 0.3) is 0 Å². The zero-order valence-electron chi connectivity index (χ0n) is 21.5. The average molecular weight is 468 g/mol. The standard InChI is InChI=1S/C30H27NS2/c1-17-10-18(2)12-20(11-17)28-29-22(8-9-31-28)24-15-26-23(14-27(24)33-29)21-7-6-19(13-25(21)32-26)16-30(3,4)5/h6-15H,16H2,1-5H3/i16D2. The van der Waals surface area contributed by atoms with Crippen molar-refractivity contribution < 1.29 is 2.74 Å². The Kier molecular flexibility index (Phi) is 4.17.